The molecule has 5 heteroatoms. The first kappa shape index (κ1) is 23.6. The first-order valence-corrected chi connectivity index (χ1v) is 10.5. The van der Waals surface area contributed by atoms with Crippen molar-refractivity contribution in [3.63, 3.8) is 0 Å². The van der Waals surface area contributed by atoms with E-state index < -0.39 is 24.4 Å². The molecule has 0 aromatic heterocycles. The van der Waals surface area contributed by atoms with Gasteiger partial charge in [-0.05, 0) is 19.3 Å². The highest BCUT2D eigenvalue weighted by atomic mass is 16.6. The smallest absolute Gasteiger partial charge is 0.111 e. The Hall–Kier alpha value is -0.460. The lowest BCUT2D eigenvalue weighted by Crippen LogP contribution is -2.55. The van der Waals surface area contributed by atoms with E-state index in [2.05, 4.69) is 6.58 Å². The Morgan fingerprint density at radius 1 is 0.846 bits per heavy atom. The second kappa shape index (κ2) is 15.6. The third-order valence-electron chi connectivity index (χ3n) is 5.15. The van der Waals surface area contributed by atoms with Gasteiger partial charge in [0.25, 0.3) is 0 Å². The lowest BCUT2D eigenvalue weighted by Gasteiger charge is -2.36. The van der Waals surface area contributed by atoms with Crippen LogP contribution in [-0.2, 0) is 9.47 Å². The Bertz CT molecular complexity index is 336. The molecule has 0 amide bonds. The molecule has 0 radical (unpaired) electrons. The molecule has 1 fully saturated rings. The summed E-state index contributed by atoms with van der Waals surface area (Å²) in [5, 5.41) is 28.8. The average molecular weight is 373 g/mol. The molecule has 3 N–H and O–H groups in total. The lowest BCUT2D eigenvalue weighted by atomic mass is 10.0. The zero-order chi connectivity index (χ0) is 19.0. The van der Waals surface area contributed by atoms with E-state index in [1.54, 1.807) is 0 Å². The molecule has 4 atom stereocenters. The summed E-state index contributed by atoms with van der Waals surface area (Å²) in [5.74, 6) is 0. The number of rotatable bonds is 16. The fourth-order valence-electron chi connectivity index (χ4n) is 3.38. The van der Waals surface area contributed by atoms with Gasteiger partial charge < -0.3 is 24.8 Å². The Balaban J connectivity index is 1.86. The normalized spacial score (nSPS) is 26.1. The lowest BCUT2D eigenvalue weighted by molar-refractivity contribution is -0.208. The third-order valence-corrected chi connectivity index (χ3v) is 5.15. The van der Waals surface area contributed by atoms with Gasteiger partial charge in [-0.25, -0.2) is 0 Å². The van der Waals surface area contributed by atoms with Gasteiger partial charge in [0.15, 0.2) is 0 Å². The predicted molar refractivity (Wildman–Crippen MR) is 104 cm³/mol. The SMILES string of the molecule is C=CCCCCCCCCCCCCCO[C@@H]1CO[C@@H](CO)[C@H](O)[C@H]1O. The minimum Gasteiger partial charge on any atom is -0.394 e. The van der Waals surface area contributed by atoms with Crippen LogP contribution >= 0.6 is 0 Å². The molecule has 0 saturated carbocycles. The summed E-state index contributed by atoms with van der Waals surface area (Å²) in [6.07, 6.45) is 13.8. The predicted octanol–water partition coefficient (Wildman–Crippen LogP) is 3.35. The minimum absolute atomic E-state index is 0.219. The number of hydrogen-bond donors (Lipinski definition) is 3. The molecule has 1 aliphatic rings. The third kappa shape index (κ3) is 10.0. The van der Waals surface area contributed by atoms with Gasteiger partial charge in [-0.15, -0.1) is 6.58 Å². The fraction of sp³-hybridized carbons (Fsp3) is 0.905. The van der Waals surface area contributed by atoms with Gasteiger partial charge in [-0.3, -0.25) is 0 Å². The van der Waals surface area contributed by atoms with Crippen molar-refractivity contribution in [2.24, 2.45) is 0 Å². The number of aliphatic hydroxyl groups is 3. The highest BCUT2D eigenvalue weighted by molar-refractivity contribution is 4.87. The van der Waals surface area contributed by atoms with Crippen LogP contribution in [-0.4, -0.2) is 59.6 Å². The van der Waals surface area contributed by atoms with Gasteiger partial charge >= 0.3 is 0 Å². The molecule has 0 aromatic carbocycles. The largest absolute Gasteiger partial charge is 0.394 e. The van der Waals surface area contributed by atoms with Crippen LogP contribution in [0.15, 0.2) is 12.7 Å². The molecule has 0 bridgehead atoms. The van der Waals surface area contributed by atoms with E-state index in [4.69, 9.17) is 14.6 Å². The number of allylic oxidation sites excluding steroid dienone is 1. The Kier molecular flexibility index (Phi) is 14.1. The Morgan fingerprint density at radius 3 is 1.92 bits per heavy atom. The molecule has 0 spiro atoms. The topological polar surface area (TPSA) is 79.2 Å². The van der Waals surface area contributed by atoms with Crippen molar-refractivity contribution < 1.29 is 24.8 Å². The van der Waals surface area contributed by atoms with Crippen molar-refractivity contribution in [3.8, 4) is 0 Å². The molecule has 1 rings (SSSR count). The molecule has 1 aliphatic heterocycles. The molecule has 1 saturated heterocycles. The summed E-state index contributed by atoms with van der Waals surface area (Å²) in [7, 11) is 0. The van der Waals surface area contributed by atoms with E-state index in [0.717, 1.165) is 19.3 Å². The van der Waals surface area contributed by atoms with E-state index in [1.807, 2.05) is 6.08 Å². The summed E-state index contributed by atoms with van der Waals surface area (Å²) in [4.78, 5) is 0. The second-order valence-electron chi connectivity index (χ2n) is 7.41. The molecular weight excluding hydrogens is 332 g/mol. The van der Waals surface area contributed by atoms with Crippen LogP contribution in [0.2, 0.25) is 0 Å². The van der Waals surface area contributed by atoms with Gasteiger partial charge in [0.1, 0.15) is 24.4 Å². The molecule has 26 heavy (non-hydrogen) atoms. The van der Waals surface area contributed by atoms with Crippen molar-refractivity contribution in [1.29, 1.82) is 0 Å². The molecule has 154 valence electrons. The summed E-state index contributed by atoms with van der Waals surface area (Å²) in [6.45, 7) is 4.25. The van der Waals surface area contributed by atoms with Gasteiger partial charge in [0.2, 0.25) is 0 Å². The average Bonchev–Trinajstić information content (AvgIpc) is 2.65. The maximum atomic E-state index is 9.97. The summed E-state index contributed by atoms with van der Waals surface area (Å²) in [5.41, 5.74) is 0. The van der Waals surface area contributed by atoms with Gasteiger partial charge in [0, 0.05) is 6.61 Å². The second-order valence-corrected chi connectivity index (χ2v) is 7.41. The zero-order valence-electron chi connectivity index (χ0n) is 16.4. The van der Waals surface area contributed by atoms with Crippen LogP contribution in [0.5, 0.6) is 0 Å². The quantitative estimate of drug-likeness (QED) is 0.286. The minimum atomic E-state index is -1.08. The van der Waals surface area contributed by atoms with Gasteiger partial charge in [-0.1, -0.05) is 63.9 Å². The van der Waals surface area contributed by atoms with E-state index in [0.29, 0.717) is 6.61 Å². The highest BCUT2D eigenvalue weighted by Crippen LogP contribution is 2.18. The fourth-order valence-corrected chi connectivity index (χ4v) is 3.38. The van der Waals surface area contributed by atoms with E-state index in [1.165, 1.54) is 57.8 Å². The Labute approximate surface area is 159 Å². The first-order chi connectivity index (χ1) is 12.7. The number of aliphatic hydroxyl groups excluding tert-OH is 3. The number of ether oxygens (including phenoxy) is 2. The standard InChI is InChI=1S/C21H40O5/c1-2-3-4-5-6-7-8-9-10-11-12-13-14-15-25-19-17-26-18(16-22)20(23)21(19)24/h2,18-24H,1,3-17H2/t18-,19+,20-,21-/m0/s1. The van der Waals surface area contributed by atoms with Crippen LogP contribution in [0.4, 0.5) is 0 Å². The van der Waals surface area contributed by atoms with Crippen molar-refractivity contribution in [2.75, 3.05) is 19.8 Å². The maximum Gasteiger partial charge on any atom is 0.111 e. The van der Waals surface area contributed by atoms with Crippen molar-refractivity contribution in [3.05, 3.63) is 12.7 Å². The van der Waals surface area contributed by atoms with E-state index in [9.17, 15) is 10.2 Å². The van der Waals surface area contributed by atoms with Crippen molar-refractivity contribution >= 4 is 0 Å². The van der Waals surface area contributed by atoms with Crippen molar-refractivity contribution in [1.82, 2.24) is 0 Å². The van der Waals surface area contributed by atoms with Crippen molar-refractivity contribution in [2.45, 2.75) is 101 Å². The molecule has 0 aliphatic carbocycles. The van der Waals surface area contributed by atoms with Gasteiger partial charge in [-0.2, -0.15) is 0 Å². The summed E-state index contributed by atoms with van der Waals surface area (Å²) >= 11 is 0. The summed E-state index contributed by atoms with van der Waals surface area (Å²) < 4.78 is 10.9. The van der Waals surface area contributed by atoms with E-state index >= 15 is 0 Å². The van der Waals surface area contributed by atoms with E-state index in [-0.39, 0.29) is 13.2 Å². The van der Waals surface area contributed by atoms with Crippen LogP contribution in [0.25, 0.3) is 0 Å². The molecule has 1 heterocycles. The first-order valence-electron chi connectivity index (χ1n) is 10.5. The molecule has 0 aromatic rings. The van der Waals surface area contributed by atoms with Gasteiger partial charge in [0.05, 0.1) is 13.2 Å². The summed E-state index contributed by atoms with van der Waals surface area (Å²) in [6, 6.07) is 0. The maximum absolute atomic E-state index is 9.97. The molecule has 0 unspecified atom stereocenters. The van der Waals surface area contributed by atoms with Crippen LogP contribution in [0, 0.1) is 0 Å². The van der Waals surface area contributed by atoms with Crippen LogP contribution in [0.3, 0.4) is 0 Å². The zero-order valence-corrected chi connectivity index (χ0v) is 16.4. The highest BCUT2D eigenvalue weighted by Gasteiger charge is 2.38. The molecule has 5 nitrogen and oxygen atoms in total. The Morgan fingerprint density at radius 2 is 1.38 bits per heavy atom. The van der Waals surface area contributed by atoms with Crippen LogP contribution in [0.1, 0.15) is 77.0 Å². The monoisotopic (exact) mass is 372 g/mol. The molecular formula is C21H40O5. The number of unbranched alkanes of at least 4 members (excludes halogenated alkanes) is 11. The number of hydrogen-bond acceptors (Lipinski definition) is 5. The van der Waals surface area contributed by atoms with Crippen LogP contribution < -0.4 is 0 Å².